The van der Waals surface area contributed by atoms with Crippen molar-refractivity contribution in [1.29, 1.82) is 0 Å². The lowest BCUT2D eigenvalue weighted by Gasteiger charge is -2.15. The van der Waals surface area contributed by atoms with Crippen LogP contribution in [-0.4, -0.2) is 48.5 Å². The highest BCUT2D eigenvalue weighted by Gasteiger charge is 2.30. The van der Waals surface area contributed by atoms with Crippen LogP contribution in [0.1, 0.15) is 28.9 Å². The quantitative estimate of drug-likeness (QED) is 0.790. The number of benzene rings is 1. The van der Waals surface area contributed by atoms with Crippen molar-refractivity contribution in [2.24, 2.45) is 4.99 Å². The summed E-state index contributed by atoms with van der Waals surface area (Å²) >= 11 is 1.12. The van der Waals surface area contributed by atoms with Gasteiger partial charge in [-0.1, -0.05) is 6.07 Å². The van der Waals surface area contributed by atoms with E-state index in [1.54, 1.807) is 18.5 Å². The molecular formula is C18H21F3N4O2S. The molecule has 28 heavy (non-hydrogen) atoms. The minimum absolute atomic E-state index is 0.169. The molecule has 1 heterocycles. The van der Waals surface area contributed by atoms with Crippen LogP contribution in [0, 0.1) is 0 Å². The fourth-order valence-corrected chi connectivity index (χ4v) is 3.11. The summed E-state index contributed by atoms with van der Waals surface area (Å²) < 4.78 is 40.0. The van der Waals surface area contributed by atoms with Crippen molar-refractivity contribution in [3.8, 4) is 0 Å². The molecule has 1 aromatic carbocycles. The van der Waals surface area contributed by atoms with Gasteiger partial charge in [-0.3, -0.25) is 9.59 Å². The topological polar surface area (TPSA) is 66.7 Å². The van der Waals surface area contributed by atoms with Gasteiger partial charge in [0.25, 0.3) is 5.91 Å². The molecule has 10 heteroatoms. The number of nitrogens with one attached hydrogen (secondary N) is 1. The third kappa shape index (κ3) is 5.77. The smallest absolute Gasteiger partial charge is 0.353 e. The standard InChI is InChI=1S/C18H21F3N4O2S/c1-12(15(26)22-7-8-24(2)3)25-9-10-28-17(25)23-16(27)13-5-4-6-14(11-13)18(19,20)21/h4-6,9-12H,7-8H2,1-3H3,(H,22,26)/t12-/m0/s1. The van der Waals surface area contributed by atoms with Crippen molar-refractivity contribution in [3.63, 3.8) is 0 Å². The zero-order valence-corrected chi connectivity index (χ0v) is 16.5. The van der Waals surface area contributed by atoms with Gasteiger partial charge in [0, 0.05) is 30.2 Å². The summed E-state index contributed by atoms with van der Waals surface area (Å²) in [6.07, 6.45) is -2.93. The van der Waals surface area contributed by atoms with Gasteiger partial charge in [0.05, 0.1) is 5.56 Å². The Kier molecular flexibility index (Phi) is 7.14. The van der Waals surface area contributed by atoms with Crippen LogP contribution in [0.3, 0.4) is 0 Å². The summed E-state index contributed by atoms with van der Waals surface area (Å²) in [7, 11) is 3.78. The van der Waals surface area contributed by atoms with Crippen molar-refractivity contribution in [2.45, 2.75) is 19.1 Å². The van der Waals surface area contributed by atoms with Crippen LogP contribution in [0.4, 0.5) is 13.2 Å². The molecule has 0 aliphatic rings. The SMILES string of the molecule is C[C@@H](C(=O)NCCN(C)C)n1ccsc1=NC(=O)c1cccc(C(F)(F)F)c1. The first-order chi connectivity index (χ1) is 13.1. The summed E-state index contributed by atoms with van der Waals surface area (Å²) in [6.45, 7) is 2.81. The molecule has 6 nitrogen and oxygen atoms in total. The monoisotopic (exact) mass is 414 g/mol. The number of alkyl halides is 3. The van der Waals surface area contributed by atoms with E-state index in [1.165, 1.54) is 10.6 Å². The van der Waals surface area contributed by atoms with Gasteiger partial charge in [-0.25, -0.2) is 0 Å². The first kappa shape index (κ1) is 21.8. The average molecular weight is 414 g/mol. The summed E-state index contributed by atoms with van der Waals surface area (Å²) in [5.41, 5.74) is -1.08. The normalized spacial score (nSPS) is 13.6. The van der Waals surface area contributed by atoms with Gasteiger partial charge in [0.1, 0.15) is 6.04 Å². The Balaban J connectivity index is 2.21. The number of likely N-dealkylation sites (N-methyl/N-ethyl adjacent to an activating group) is 1. The molecule has 1 atom stereocenters. The highest BCUT2D eigenvalue weighted by molar-refractivity contribution is 7.07. The Morgan fingerprint density at radius 2 is 2.04 bits per heavy atom. The number of amides is 2. The van der Waals surface area contributed by atoms with E-state index < -0.39 is 23.7 Å². The van der Waals surface area contributed by atoms with Crippen LogP contribution >= 0.6 is 11.3 Å². The molecule has 2 amide bonds. The van der Waals surface area contributed by atoms with E-state index in [-0.39, 0.29) is 16.3 Å². The molecule has 0 spiro atoms. The van der Waals surface area contributed by atoms with E-state index in [2.05, 4.69) is 10.3 Å². The van der Waals surface area contributed by atoms with E-state index in [0.29, 0.717) is 13.1 Å². The second kappa shape index (κ2) is 9.16. The molecule has 2 aromatic rings. The van der Waals surface area contributed by atoms with Gasteiger partial charge < -0.3 is 14.8 Å². The number of carbonyl (C=O) groups is 2. The molecule has 0 saturated carbocycles. The van der Waals surface area contributed by atoms with E-state index in [4.69, 9.17) is 0 Å². The lowest BCUT2D eigenvalue weighted by atomic mass is 10.1. The maximum Gasteiger partial charge on any atom is 0.416 e. The predicted octanol–water partition coefficient (Wildman–Crippen LogP) is 2.55. The molecule has 1 aromatic heterocycles. The van der Waals surface area contributed by atoms with Crippen molar-refractivity contribution >= 4 is 23.2 Å². The number of rotatable bonds is 6. The minimum atomic E-state index is -4.54. The first-order valence-corrected chi connectivity index (χ1v) is 9.32. The number of aromatic nitrogens is 1. The van der Waals surface area contributed by atoms with E-state index >= 15 is 0 Å². The maximum absolute atomic E-state index is 12.8. The molecule has 0 bridgehead atoms. The van der Waals surface area contributed by atoms with Crippen LogP contribution in [0.25, 0.3) is 0 Å². The number of hydrogen-bond donors (Lipinski definition) is 1. The molecule has 0 fully saturated rings. The molecule has 0 aliphatic carbocycles. The van der Waals surface area contributed by atoms with Gasteiger partial charge in [0.2, 0.25) is 5.91 Å². The highest BCUT2D eigenvalue weighted by atomic mass is 32.1. The zero-order valence-electron chi connectivity index (χ0n) is 15.7. The van der Waals surface area contributed by atoms with Crippen LogP contribution in [0.2, 0.25) is 0 Å². The zero-order chi connectivity index (χ0) is 20.9. The van der Waals surface area contributed by atoms with Gasteiger partial charge in [0.15, 0.2) is 4.80 Å². The number of carbonyl (C=O) groups excluding carboxylic acids is 2. The lowest BCUT2D eigenvalue weighted by molar-refractivity contribution is -0.137. The average Bonchev–Trinajstić information content (AvgIpc) is 3.08. The van der Waals surface area contributed by atoms with Crippen molar-refractivity contribution in [1.82, 2.24) is 14.8 Å². The Labute approximate surface area is 164 Å². The van der Waals surface area contributed by atoms with Gasteiger partial charge in [-0.05, 0) is 39.2 Å². The Hall–Kier alpha value is -2.46. The highest BCUT2D eigenvalue weighted by Crippen LogP contribution is 2.29. The summed E-state index contributed by atoms with van der Waals surface area (Å²) in [5.74, 6) is -1.05. The van der Waals surface area contributed by atoms with E-state index in [0.717, 1.165) is 29.5 Å². The van der Waals surface area contributed by atoms with E-state index in [1.807, 2.05) is 19.0 Å². The maximum atomic E-state index is 12.8. The lowest BCUT2D eigenvalue weighted by Crippen LogP contribution is -2.37. The van der Waals surface area contributed by atoms with Crippen molar-refractivity contribution in [2.75, 3.05) is 27.2 Å². The molecule has 0 radical (unpaired) electrons. The fourth-order valence-electron chi connectivity index (χ4n) is 2.32. The molecule has 1 N–H and O–H groups in total. The Bertz CT molecular complexity index is 902. The minimum Gasteiger partial charge on any atom is -0.353 e. The molecule has 152 valence electrons. The van der Waals surface area contributed by atoms with Crippen LogP contribution in [0.15, 0.2) is 40.8 Å². The Morgan fingerprint density at radius 1 is 1.32 bits per heavy atom. The number of halogens is 3. The fraction of sp³-hybridized carbons (Fsp3) is 0.389. The van der Waals surface area contributed by atoms with Gasteiger partial charge in [-0.2, -0.15) is 18.2 Å². The third-order valence-corrected chi connectivity index (χ3v) is 4.68. The number of hydrogen-bond acceptors (Lipinski definition) is 4. The second-order valence-electron chi connectivity index (χ2n) is 6.36. The van der Waals surface area contributed by atoms with Crippen LogP contribution < -0.4 is 10.1 Å². The molecular weight excluding hydrogens is 393 g/mol. The van der Waals surface area contributed by atoms with Gasteiger partial charge in [-0.15, -0.1) is 11.3 Å². The van der Waals surface area contributed by atoms with E-state index in [9.17, 15) is 22.8 Å². The molecule has 0 unspecified atom stereocenters. The summed E-state index contributed by atoms with van der Waals surface area (Å²) in [4.78, 5) is 30.7. The molecule has 2 rings (SSSR count). The van der Waals surface area contributed by atoms with Crippen molar-refractivity contribution in [3.05, 3.63) is 51.8 Å². The van der Waals surface area contributed by atoms with Crippen molar-refractivity contribution < 1.29 is 22.8 Å². The first-order valence-electron chi connectivity index (χ1n) is 8.44. The molecule has 0 saturated heterocycles. The predicted molar refractivity (Wildman–Crippen MR) is 99.9 cm³/mol. The Morgan fingerprint density at radius 3 is 2.68 bits per heavy atom. The summed E-state index contributed by atoms with van der Waals surface area (Å²) in [6, 6.07) is 3.47. The number of nitrogens with zero attached hydrogens (tertiary/aromatic N) is 3. The second-order valence-corrected chi connectivity index (χ2v) is 7.23. The van der Waals surface area contributed by atoms with Crippen LogP contribution in [0.5, 0.6) is 0 Å². The largest absolute Gasteiger partial charge is 0.416 e. The third-order valence-electron chi connectivity index (χ3n) is 3.90. The summed E-state index contributed by atoms with van der Waals surface area (Å²) in [5, 5.41) is 4.44. The van der Waals surface area contributed by atoms with Gasteiger partial charge >= 0.3 is 6.18 Å². The van der Waals surface area contributed by atoms with Crippen LogP contribution in [-0.2, 0) is 11.0 Å². The number of thiazole rings is 1. The molecule has 0 aliphatic heterocycles.